The summed E-state index contributed by atoms with van der Waals surface area (Å²) in [5.74, 6) is 1.60. The van der Waals surface area contributed by atoms with Gasteiger partial charge in [0.2, 0.25) is 0 Å². The Kier molecular flexibility index (Phi) is 3.15. The maximum atomic E-state index is 12.9. The first-order valence-electron chi connectivity index (χ1n) is 7.78. The van der Waals surface area contributed by atoms with Crippen LogP contribution in [0.15, 0.2) is 34.9 Å². The molecule has 0 atom stereocenters. The minimum absolute atomic E-state index is 0.0269. The lowest BCUT2D eigenvalue weighted by Crippen LogP contribution is -2.25. The van der Waals surface area contributed by atoms with E-state index in [1.54, 1.807) is 4.90 Å². The molecule has 0 aliphatic carbocycles. The SMILES string of the molecule is CCc1ncc2c(n1)CN(C(=O)c1cccc3cc(C)oc13)C2. The van der Waals surface area contributed by atoms with Crippen LogP contribution in [0.5, 0.6) is 0 Å². The first-order valence-corrected chi connectivity index (χ1v) is 7.78. The fourth-order valence-corrected chi connectivity index (χ4v) is 3.04. The summed E-state index contributed by atoms with van der Waals surface area (Å²) in [6.07, 6.45) is 2.64. The van der Waals surface area contributed by atoms with Crippen LogP contribution in [0.1, 0.15) is 40.1 Å². The van der Waals surface area contributed by atoms with Gasteiger partial charge in [-0.1, -0.05) is 19.1 Å². The van der Waals surface area contributed by atoms with E-state index in [0.29, 0.717) is 24.2 Å². The van der Waals surface area contributed by atoms with E-state index >= 15 is 0 Å². The summed E-state index contributed by atoms with van der Waals surface area (Å²) < 4.78 is 5.72. The normalized spacial score (nSPS) is 13.6. The van der Waals surface area contributed by atoms with Crippen molar-refractivity contribution in [3.8, 4) is 0 Å². The van der Waals surface area contributed by atoms with Crippen molar-refractivity contribution in [3.63, 3.8) is 0 Å². The number of carbonyl (C=O) groups is 1. The molecule has 2 aromatic heterocycles. The molecule has 0 saturated carbocycles. The van der Waals surface area contributed by atoms with Gasteiger partial charge in [0.05, 0.1) is 17.8 Å². The van der Waals surface area contributed by atoms with Crippen molar-refractivity contribution in [2.75, 3.05) is 0 Å². The van der Waals surface area contributed by atoms with Crippen molar-refractivity contribution in [2.45, 2.75) is 33.4 Å². The summed E-state index contributed by atoms with van der Waals surface area (Å²) in [7, 11) is 0. The smallest absolute Gasteiger partial charge is 0.258 e. The molecule has 5 heteroatoms. The van der Waals surface area contributed by atoms with Gasteiger partial charge >= 0.3 is 0 Å². The van der Waals surface area contributed by atoms with Gasteiger partial charge in [-0.3, -0.25) is 4.79 Å². The number of rotatable bonds is 2. The van der Waals surface area contributed by atoms with E-state index in [1.807, 2.05) is 44.3 Å². The number of hydrogen-bond donors (Lipinski definition) is 0. The highest BCUT2D eigenvalue weighted by Gasteiger charge is 2.27. The Morgan fingerprint density at radius 2 is 2.22 bits per heavy atom. The summed E-state index contributed by atoms with van der Waals surface area (Å²) >= 11 is 0. The van der Waals surface area contributed by atoms with Crippen LogP contribution in [-0.4, -0.2) is 20.8 Å². The largest absolute Gasteiger partial charge is 0.461 e. The molecule has 4 rings (SSSR count). The van der Waals surface area contributed by atoms with E-state index < -0.39 is 0 Å². The zero-order valence-electron chi connectivity index (χ0n) is 13.2. The van der Waals surface area contributed by atoms with Crippen LogP contribution < -0.4 is 0 Å². The second-order valence-corrected chi connectivity index (χ2v) is 5.85. The predicted molar refractivity (Wildman–Crippen MR) is 85.9 cm³/mol. The summed E-state index contributed by atoms with van der Waals surface area (Å²) in [6, 6.07) is 7.62. The number of fused-ring (bicyclic) bond motifs is 2. The van der Waals surface area contributed by atoms with Gasteiger partial charge in [0.1, 0.15) is 17.2 Å². The fraction of sp³-hybridized carbons (Fsp3) is 0.278. The van der Waals surface area contributed by atoms with Gasteiger partial charge in [0, 0.05) is 30.1 Å². The number of carbonyl (C=O) groups excluding carboxylic acids is 1. The van der Waals surface area contributed by atoms with Crippen LogP contribution >= 0.6 is 0 Å². The van der Waals surface area contributed by atoms with Crippen molar-refractivity contribution in [1.29, 1.82) is 0 Å². The standard InChI is InChI=1S/C18H17N3O2/c1-3-16-19-8-13-9-21(10-15(13)20-16)18(22)14-6-4-5-12-7-11(2)23-17(12)14/h4-8H,3,9-10H2,1-2H3. The van der Waals surface area contributed by atoms with Gasteiger partial charge in [-0.05, 0) is 19.1 Å². The zero-order valence-corrected chi connectivity index (χ0v) is 13.2. The van der Waals surface area contributed by atoms with Crippen LogP contribution in [0.2, 0.25) is 0 Å². The number of amides is 1. The van der Waals surface area contributed by atoms with Crippen molar-refractivity contribution < 1.29 is 9.21 Å². The van der Waals surface area contributed by atoms with Gasteiger partial charge in [-0.2, -0.15) is 0 Å². The van der Waals surface area contributed by atoms with Crippen LogP contribution in [0, 0.1) is 6.92 Å². The van der Waals surface area contributed by atoms with Gasteiger partial charge < -0.3 is 9.32 Å². The van der Waals surface area contributed by atoms with Crippen molar-refractivity contribution in [2.24, 2.45) is 0 Å². The average Bonchev–Trinajstić information content (AvgIpc) is 3.14. The van der Waals surface area contributed by atoms with Crippen molar-refractivity contribution in [3.05, 3.63) is 58.9 Å². The molecule has 1 aliphatic heterocycles. The molecule has 0 saturated heterocycles. The molecule has 0 fully saturated rings. The lowest BCUT2D eigenvalue weighted by atomic mass is 10.1. The Morgan fingerprint density at radius 1 is 1.35 bits per heavy atom. The highest BCUT2D eigenvalue weighted by molar-refractivity contribution is 6.05. The fourth-order valence-electron chi connectivity index (χ4n) is 3.04. The summed E-state index contributed by atoms with van der Waals surface area (Å²) in [5, 5.41) is 0.957. The van der Waals surface area contributed by atoms with Gasteiger partial charge in [-0.25, -0.2) is 9.97 Å². The Morgan fingerprint density at radius 3 is 3.04 bits per heavy atom. The molecule has 3 aromatic rings. The third-order valence-electron chi connectivity index (χ3n) is 4.21. The van der Waals surface area contributed by atoms with E-state index in [2.05, 4.69) is 9.97 Å². The molecule has 0 spiro atoms. The van der Waals surface area contributed by atoms with Crippen molar-refractivity contribution in [1.82, 2.24) is 14.9 Å². The molecule has 1 aliphatic rings. The van der Waals surface area contributed by atoms with Crippen LogP contribution in [-0.2, 0) is 19.5 Å². The maximum Gasteiger partial charge on any atom is 0.258 e. The molecule has 1 amide bonds. The minimum atomic E-state index is -0.0269. The van der Waals surface area contributed by atoms with Gasteiger partial charge in [-0.15, -0.1) is 0 Å². The zero-order chi connectivity index (χ0) is 16.0. The topological polar surface area (TPSA) is 59.2 Å². The molecule has 0 unspecified atom stereocenters. The minimum Gasteiger partial charge on any atom is -0.461 e. The number of hydrogen-bond acceptors (Lipinski definition) is 4. The first kappa shape index (κ1) is 13.9. The average molecular weight is 307 g/mol. The van der Waals surface area contributed by atoms with E-state index in [-0.39, 0.29) is 5.91 Å². The highest BCUT2D eigenvalue weighted by Crippen LogP contribution is 2.27. The molecule has 5 nitrogen and oxygen atoms in total. The quantitative estimate of drug-likeness (QED) is 0.729. The van der Waals surface area contributed by atoms with Gasteiger partial charge in [0.15, 0.2) is 0 Å². The molecule has 3 heterocycles. The Hall–Kier alpha value is -2.69. The number of aryl methyl sites for hydroxylation is 2. The third-order valence-corrected chi connectivity index (χ3v) is 4.21. The first-order chi connectivity index (χ1) is 11.2. The van der Waals surface area contributed by atoms with Crippen LogP contribution in [0.3, 0.4) is 0 Å². The molecular weight excluding hydrogens is 290 g/mol. The number of aromatic nitrogens is 2. The summed E-state index contributed by atoms with van der Waals surface area (Å²) in [4.78, 5) is 23.6. The van der Waals surface area contributed by atoms with Crippen LogP contribution in [0.25, 0.3) is 11.0 Å². The van der Waals surface area contributed by atoms with E-state index in [4.69, 9.17) is 4.42 Å². The van der Waals surface area contributed by atoms with Crippen molar-refractivity contribution >= 4 is 16.9 Å². The molecule has 0 N–H and O–H groups in total. The second-order valence-electron chi connectivity index (χ2n) is 5.85. The summed E-state index contributed by atoms with van der Waals surface area (Å²) in [5.41, 5.74) is 3.24. The van der Waals surface area contributed by atoms with E-state index in [1.165, 1.54) is 0 Å². The highest BCUT2D eigenvalue weighted by atomic mass is 16.3. The molecule has 0 radical (unpaired) electrons. The number of para-hydroxylation sites is 1. The molecular formula is C18H17N3O2. The third kappa shape index (κ3) is 2.29. The maximum absolute atomic E-state index is 12.9. The number of nitrogens with zero attached hydrogens (tertiary/aromatic N) is 3. The molecule has 1 aromatic carbocycles. The predicted octanol–water partition coefficient (Wildman–Crippen LogP) is 3.25. The Balaban J connectivity index is 1.67. The summed E-state index contributed by atoms with van der Waals surface area (Å²) in [6.45, 7) is 5.00. The Bertz CT molecular complexity index is 914. The Labute approximate surface area is 134 Å². The molecule has 0 bridgehead atoms. The molecule has 23 heavy (non-hydrogen) atoms. The van der Waals surface area contributed by atoms with E-state index in [9.17, 15) is 4.79 Å². The van der Waals surface area contributed by atoms with E-state index in [0.717, 1.165) is 34.6 Å². The van der Waals surface area contributed by atoms with Gasteiger partial charge in [0.25, 0.3) is 5.91 Å². The lowest BCUT2D eigenvalue weighted by molar-refractivity contribution is 0.0751. The number of furan rings is 1. The number of benzene rings is 1. The second kappa shape index (κ2) is 5.19. The molecule has 116 valence electrons. The lowest BCUT2D eigenvalue weighted by Gasteiger charge is -2.15. The monoisotopic (exact) mass is 307 g/mol. The van der Waals surface area contributed by atoms with Crippen LogP contribution in [0.4, 0.5) is 0 Å².